The van der Waals surface area contributed by atoms with Crippen LogP contribution >= 0.6 is 0 Å². The third-order valence-electron chi connectivity index (χ3n) is 2.00. The molecule has 90 valence electrons. The molecule has 0 bridgehead atoms. The minimum Gasteiger partial charge on any atom is -0.309 e. The van der Waals surface area contributed by atoms with Gasteiger partial charge in [0.2, 0.25) is 0 Å². The molecule has 0 aliphatic carbocycles. The number of aromatic amines is 1. The number of rotatable bonds is 5. The maximum absolute atomic E-state index is 11.4. The van der Waals surface area contributed by atoms with Crippen molar-refractivity contribution in [3.63, 3.8) is 0 Å². The Hall–Kier alpha value is -1.20. The van der Waals surface area contributed by atoms with E-state index in [9.17, 15) is 4.79 Å². The third kappa shape index (κ3) is 4.55. The summed E-state index contributed by atoms with van der Waals surface area (Å²) in [5, 5.41) is 3.24. The Kier molecular flexibility index (Phi) is 4.64. The maximum Gasteiger partial charge on any atom is 0.251 e. The van der Waals surface area contributed by atoms with E-state index in [1.54, 1.807) is 0 Å². The highest BCUT2D eigenvalue weighted by Gasteiger charge is 2.03. The number of nitrogens with zero attached hydrogens (tertiary/aromatic N) is 2. The van der Waals surface area contributed by atoms with Gasteiger partial charge in [-0.1, -0.05) is 13.8 Å². The van der Waals surface area contributed by atoms with Gasteiger partial charge in [-0.05, 0) is 14.1 Å². The van der Waals surface area contributed by atoms with Gasteiger partial charge in [0.15, 0.2) is 0 Å². The van der Waals surface area contributed by atoms with E-state index in [-0.39, 0.29) is 5.56 Å². The molecule has 0 aromatic carbocycles. The predicted octanol–water partition coefficient (Wildman–Crippen LogP) is 0.330. The standard InChI is InChI=1S/C11H20N4O/c1-8(2)12-6-9-5-11(16)14-10(13-9)7-15(3)4/h5,8,12H,6-7H2,1-4H3,(H,13,14,16). The van der Waals surface area contributed by atoms with E-state index in [4.69, 9.17) is 0 Å². The molecule has 5 heteroatoms. The van der Waals surface area contributed by atoms with Gasteiger partial charge in [-0.25, -0.2) is 4.98 Å². The van der Waals surface area contributed by atoms with Gasteiger partial charge >= 0.3 is 0 Å². The van der Waals surface area contributed by atoms with Crippen molar-refractivity contribution in [1.82, 2.24) is 20.2 Å². The van der Waals surface area contributed by atoms with Crippen LogP contribution in [0.4, 0.5) is 0 Å². The van der Waals surface area contributed by atoms with E-state index < -0.39 is 0 Å². The van der Waals surface area contributed by atoms with Crippen molar-refractivity contribution >= 4 is 0 Å². The number of hydrogen-bond acceptors (Lipinski definition) is 4. The second-order valence-electron chi connectivity index (χ2n) is 4.46. The van der Waals surface area contributed by atoms with Crippen molar-refractivity contribution in [2.45, 2.75) is 33.0 Å². The lowest BCUT2D eigenvalue weighted by Gasteiger charge is -2.11. The average Bonchev–Trinajstić information content (AvgIpc) is 2.12. The first-order valence-electron chi connectivity index (χ1n) is 5.44. The van der Waals surface area contributed by atoms with E-state index in [0.717, 1.165) is 5.69 Å². The largest absolute Gasteiger partial charge is 0.309 e. The highest BCUT2D eigenvalue weighted by molar-refractivity contribution is 5.02. The molecule has 0 atom stereocenters. The highest BCUT2D eigenvalue weighted by Crippen LogP contribution is 1.95. The minimum atomic E-state index is -0.0904. The molecule has 1 aromatic heterocycles. The summed E-state index contributed by atoms with van der Waals surface area (Å²) < 4.78 is 0. The Morgan fingerprint density at radius 2 is 2.19 bits per heavy atom. The average molecular weight is 224 g/mol. The molecule has 0 amide bonds. The summed E-state index contributed by atoms with van der Waals surface area (Å²) in [5.74, 6) is 0.707. The summed E-state index contributed by atoms with van der Waals surface area (Å²) in [5.41, 5.74) is 0.696. The molecule has 0 saturated heterocycles. The fourth-order valence-electron chi connectivity index (χ4n) is 1.34. The van der Waals surface area contributed by atoms with E-state index in [2.05, 4.69) is 29.1 Å². The molecule has 0 saturated carbocycles. The van der Waals surface area contributed by atoms with Gasteiger partial charge in [0.05, 0.1) is 12.2 Å². The molecule has 1 aromatic rings. The van der Waals surface area contributed by atoms with Crippen LogP contribution in [-0.4, -0.2) is 35.0 Å². The molecule has 0 spiro atoms. The van der Waals surface area contributed by atoms with Crippen LogP contribution in [0.2, 0.25) is 0 Å². The zero-order chi connectivity index (χ0) is 12.1. The summed E-state index contributed by atoms with van der Waals surface area (Å²) in [6, 6.07) is 1.92. The first-order chi connectivity index (χ1) is 7.47. The van der Waals surface area contributed by atoms with Crippen LogP contribution < -0.4 is 10.9 Å². The van der Waals surface area contributed by atoms with E-state index in [1.165, 1.54) is 6.07 Å². The van der Waals surface area contributed by atoms with Crippen LogP contribution in [0.15, 0.2) is 10.9 Å². The van der Waals surface area contributed by atoms with Gasteiger partial charge < -0.3 is 15.2 Å². The smallest absolute Gasteiger partial charge is 0.251 e. The van der Waals surface area contributed by atoms with Crippen molar-refractivity contribution < 1.29 is 0 Å². The normalized spacial score (nSPS) is 11.4. The molecule has 5 nitrogen and oxygen atoms in total. The van der Waals surface area contributed by atoms with Gasteiger partial charge in [-0.2, -0.15) is 0 Å². The van der Waals surface area contributed by atoms with Gasteiger partial charge in [0.1, 0.15) is 5.82 Å². The Morgan fingerprint density at radius 1 is 1.50 bits per heavy atom. The van der Waals surface area contributed by atoms with Gasteiger partial charge in [0, 0.05) is 18.7 Å². The van der Waals surface area contributed by atoms with Crippen molar-refractivity contribution in [1.29, 1.82) is 0 Å². The fourth-order valence-corrected chi connectivity index (χ4v) is 1.34. The minimum absolute atomic E-state index is 0.0904. The lowest BCUT2D eigenvalue weighted by atomic mass is 10.3. The number of aromatic nitrogens is 2. The number of H-pyrrole nitrogens is 1. The zero-order valence-corrected chi connectivity index (χ0v) is 10.4. The Balaban J connectivity index is 2.77. The third-order valence-corrected chi connectivity index (χ3v) is 2.00. The van der Waals surface area contributed by atoms with E-state index >= 15 is 0 Å². The summed E-state index contributed by atoms with van der Waals surface area (Å²) in [7, 11) is 3.89. The van der Waals surface area contributed by atoms with Crippen LogP contribution in [-0.2, 0) is 13.1 Å². The highest BCUT2D eigenvalue weighted by atomic mass is 16.1. The van der Waals surface area contributed by atoms with Crippen molar-refractivity contribution in [3.8, 4) is 0 Å². The van der Waals surface area contributed by atoms with E-state index in [1.807, 2.05) is 19.0 Å². The van der Waals surface area contributed by atoms with Gasteiger partial charge in [0.25, 0.3) is 5.56 Å². The fraction of sp³-hybridized carbons (Fsp3) is 0.636. The lowest BCUT2D eigenvalue weighted by molar-refractivity contribution is 0.388. The van der Waals surface area contributed by atoms with Crippen LogP contribution in [0.1, 0.15) is 25.4 Å². The molecular weight excluding hydrogens is 204 g/mol. The second kappa shape index (κ2) is 5.77. The van der Waals surface area contributed by atoms with E-state index in [0.29, 0.717) is 25.0 Å². The Labute approximate surface area is 95.9 Å². The molecule has 1 heterocycles. The lowest BCUT2D eigenvalue weighted by Crippen LogP contribution is -2.25. The monoisotopic (exact) mass is 224 g/mol. The first-order valence-corrected chi connectivity index (χ1v) is 5.44. The maximum atomic E-state index is 11.4. The second-order valence-corrected chi connectivity index (χ2v) is 4.46. The SMILES string of the molecule is CC(C)NCc1cc(=O)[nH]c(CN(C)C)n1. The van der Waals surface area contributed by atoms with Crippen molar-refractivity contribution in [2.75, 3.05) is 14.1 Å². The summed E-state index contributed by atoms with van der Waals surface area (Å²) in [6.45, 7) is 5.40. The number of nitrogens with one attached hydrogen (secondary N) is 2. The van der Waals surface area contributed by atoms with Gasteiger partial charge in [-0.15, -0.1) is 0 Å². The molecule has 0 aliphatic heterocycles. The molecular formula is C11H20N4O. The van der Waals surface area contributed by atoms with Crippen molar-refractivity contribution in [3.05, 3.63) is 27.9 Å². The van der Waals surface area contributed by atoms with Gasteiger partial charge in [-0.3, -0.25) is 4.79 Å². The Bertz CT molecular complexity index is 384. The molecule has 0 radical (unpaired) electrons. The summed E-state index contributed by atoms with van der Waals surface area (Å²) >= 11 is 0. The van der Waals surface area contributed by atoms with Crippen LogP contribution in [0.5, 0.6) is 0 Å². The zero-order valence-electron chi connectivity index (χ0n) is 10.4. The molecule has 0 unspecified atom stereocenters. The van der Waals surface area contributed by atoms with Crippen LogP contribution in [0.3, 0.4) is 0 Å². The molecule has 0 fully saturated rings. The number of hydrogen-bond donors (Lipinski definition) is 2. The van der Waals surface area contributed by atoms with Crippen LogP contribution in [0, 0.1) is 0 Å². The summed E-state index contributed by atoms with van der Waals surface area (Å²) in [6.07, 6.45) is 0. The predicted molar refractivity (Wildman–Crippen MR) is 64.2 cm³/mol. The quantitative estimate of drug-likeness (QED) is 0.756. The summed E-state index contributed by atoms with van der Waals surface area (Å²) in [4.78, 5) is 20.5. The molecule has 0 aliphatic rings. The van der Waals surface area contributed by atoms with Crippen LogP contribution in [0.25, 0.3) is 0 Å². The molecule has 2 N–H and O–H groups in total. The molecule has 1 rings (SSSR count). The van der Waals surface area contributed by atoms with Crippen molar-refractivity contribution in [2.24, 2.45) is 0 Å². The molecule has 16 heavy (non-hydrogen) atoms. The Morgan fingerprint density at radius 3 is 2.75 bits per heavy atom. The first kappa shape index (κ1) is 12.9. The topological polar surface area (TPSA) is 61.0 Å².